The highest BCUT2D eigenvalue weighted by Crippen LogP contribution is 2.13. The average Bonchev–Trinajstić information content (AvgIpc) is 3.16. The Hall–Kier alpha value is -2.45. The molecule has 7 nitrogen and oxygen atoms in total. The molecule has 8 heteroatoms. The highest BCUT2D eigenvalue weighted by Gasteiger charge is 2.25. The van der Waals surface area contributed by atoms with Crippen LogP contribution >= 0.6 is 11.3 Å². The largest absolute Gasteiger partial charge is 0.497 e. The van der Waals surface area contributed by atoms with Crippen LogP contribution < -0.4 is 20.3 Å². The number of hydrogen-bond donors (Lipinski definition) is 3. The van der Waals surface area contributed by atoms with Crippen molar-refractivity contribution in [3.8, 4) is 5.75 Å². The van der Waals surface area contributed by atoms with Crippen molar-refractivity contribution < 1.29 is 19.2 Å². The smallest absolute Gasteiger partial charge is 0.281 e. The van der Waals surface area contributed by atoms with Gasteiger partial charge in [0.1, 0.15) is 5.75 Å². The highest BCUT2D eigenvalue weighted by molar-refractivity contribution is 7.13. The van der Waals surface area contributed by atoms with Gasteiger partial charge in [0.15, 0.2) is 11.7 Å². The molecule has 2 amide bonds. The number of anilines is 1. The number of nitrogens with one attached hydrogen (secondary N) is 3. The number of ether oxygens (including phenoxy) is 1. The van der Waals surface area contributed by atoms with E-state index in [0.29, 0.717) is 23.0 Å². The summed E-state index contributed by atoms with van der Waals surface area (Å²) < 4.78 is 5.16. The molecule has 0 aliphatic carbocycles. The number of piperidine rings is 1. The van der Waals surface area contributed by atoms with Gasteiger partial charge in [-0.25, -0.2) is 4.98 Å². The van der Waals surface area contributed by atoms with Gasteiger partial charge in [0, 0.05) is 36.0 Å². The van der Waals surface area contributed by atoms with Crippen LogP contribution in [0.15, 0.2) is 35.8 Å². The average molecular weight is 375 g/mol. The molecule has 2 aromatic rings. The number of nitrogens with zero attached hydrogens (tertiary/aromatic N) is 1. The molecule has 3 N–H and O–H groups in total. The molecule has 0 saturated carbocycles. The first-order chi connectivity index (χ1) is 12.6. The van der Waals surface area contributed by atoms with Crippen molar-refractivity contribution >= 4 is 28.3 Å². The number of likely N-dealkylation sites (tertiary alicyclic amines) is 1. The van der Waals surface area contributed by atoms with Gasteiger partial charge in [-0.15, -0.1) is 11.3 Å². The summed E-state index contributed by atoms with van der Waals surface area (Å²) in [6.45, 7) is 2.14. The monoisotopic (exact) mass is 375 g/mol. The van der Waals surface area contributed by atoms with Gasteiger partial charge in [-0.1, -0.05) is 6.07 Å². The standard InChI is InChI=1S/C18H22N4O3S/c1-25-15-4-2-3-13(11-15)17(24)20-14-5-8-22(9-6-14)12-16(23)21-18-19-7-10-26-18/h2-4,7,10-11,14H,5-6,8-9,12H2,1H3,(H,20,24)(H,19,21,23)/p+1. The minimum atomic E-state index is -0.0844. The second-order valence-corrected chi connectivity index (χ2v) is 7.19. The summed E-state index contributed by atoms with van der Waals surface area (Å²) in [5.74, 6) is 0.566. The van der Waals surface area contributed by atoms with Gasteiger partial charge in [-0.2, -0.15) is 0 Å². The molecule has 26 heavy (non-hydrogen) atoms. The Morgan fingerprint density at radius 3 is 2.85 bits per heavy atom. The molecule has 0 atom stereocenters. The van der Waals surface area contributed by atoms with Crippen molar-refractivity contribution in [2.24, 2.45) is 0 Å². The lowest BCUT2D eigenvalue weighted by Gasteiger charge is -2.29. The number of aromatic nitrogens is 1. The van der Waals surface area contributed by atoms with Crippen molar-refractivity contribution in [1.29, 1.82) is 0 Å². The molecule has 0 spiro atoms. The molecule has 1 aromatic carbocycles. The molecule has 3 rings (SSSR count). The summed E-state index contributed by atoms with van der Waals surface area (Å²) in [5, 5.41) is 8.36. The van der Waals surface area contributed by atoms with Crippen molar-refractivity contribution in [2.45, 2.75) is 18.9 Å². The number of quaternary nitrogens is 1. The first kappa shape index (κ1) is 18.3. The number of methoxy groups -OCH3 is 1. The number of benzene rings is 1. The molecular weight excluding hydrogens is 352 g/mol. The van der Waals surface area contributed by atoms with E-state index in [0.717, 1.165) is 25.9 Å². The SMILES string of the molecule is COc1cccc(C(=O)NC2CC[NH+](CC(=O)Nc3nccs3)CC2)c1. The predicted octanol–water partition coefficient (Wildman–Crippen LogP) is 0.567. The van der Waals surface area contributed by atoms with Crippen molar-refractivity contribution in [2.75, 3.05) is 32.1 Å². The van der Waals surface area contributed by atoms with E-state index < -0.39 is 0 Å². The van der Waals surface area contributed by atoms with Gasteiger partial charge < -0.3 is 15.0 Å². The van der Waals surface area contributed by atoms with Gasteiger partial charge in [0.25, 0.3) is 11.8 Å². The predicted molar refractivity (Wildman–Crippen MR) is 99.8 cm³/mol. The zero-order valence-electron chi connectivity index (χ0n) is 14.7. The summed E-state index contributed by atoms with van der Waals surface area (Å²) in [7, 11) is 1.58. The Bertz CT molecular complexity index is 743. The third-order valence-corrected chi connectivity index (χ3v) is 5.14. The number of carbonyl (C=O) groups is 2. The van der Waals surface area contributed by atoms with Crippen LogP contribution in [-0.4, -0.2) is 49.6 Å². The second kappa shape index (κ2) is 8.77. The number of thiazole rings is 1. The Labute approximate surface area is 156 Å². The van der Waals surface area contributed by atoms with Crippen LogP contribution in [-0.2, 0) is 4.79 Å². The third-order valence-electron chi connectivity index (χ3n) is 4.45. The summed E-state index contributed by atoms with van der Waals surface area (Å²) in [6.07, 6.45) is 3.38. The van der Waals surface area contributed by atoms with E-state index in [1.54, 1.807) is 25.4 Å². The number of rotatable bonds is 6. The molecule has 0 bridgehead atoms. The molecule has 0 radical (unpaired) electrons. The maximum atomic E-state index is 12.4. The summed E-state index contributed by atoms with van der Waals surface area (Å²) >= 11 is 1.41. The van der Waals surface area contributed by atoms with Crippen molar-refractivity contribution in [3.05, 3.63) is 41.4 Å². The van der Waals surface area contributed by atoms with E-state index in [-0.39, 0.29) is 17.9 Å². The Kier molecular flexibility index (Phi) is 6.19. The van der Waals surface area contributed by atoms with E-state index in [9.17, 15) is 9.59 Å². The van der Waals surface area contributed by atoms with Crippen molar-refractivity contribution in [1.82, 2.24) is 10.3 Å². The molecule has 138 valence electrons. The fourth-order valence-corrected chi connectivity index (χ4v) is 3.60. The zero-order chi connectivity index (χ0) is 18.4. The molecule has 1 saturated heterocycles. The lowest BCUT2D eigenvalue weighted by Crippen LogP contribution is -3.14. The quantitative estimate of drug-likeness (QED) is 0.689. The lowest BCUT2D eigenvalue weighted by molar-refractivity contribution is -0.897. The summed E-state index contributed by atoms with van der Waals surface area (Å²) in [4.78, 5) is 29.7. The summed E-state index contributed by atoms with van der Waals surface area (Å²) in [5.41, 5.74) is 0.599. The van der Waals surface area contributed by atoms with Crippen LogP contribution in [0.5, 0.6) is 5.75 Å². The van der Waals surface area contributed by atoms with Crippen LogP contribution in [0.2, 0.25) is 0 Å². The maximum absolute atomic E-state index is 12.4. The minimum absolute atomic E-state index is 0.0196. The van der Waals surface area contributed by atoms with Gasteiger partial charge in [-0.3, -0.25) is 14.9 Å². The topological polar surface area (TPSA) is 84.8 Å². The fraction of sp³-hybridized carbons (Fsp3) is 0.389. The molecule has 2 heterocycles. The van der Waals surface area contributed by atoms with E-state index in [2.05, 4.69) is 15.6 Å². The molecule has 1 aliphatic rings. The normalized spacial score (nSPS) is 19.6. The third kappa shape index (κ3) is 5.03. The Morgan fingerprint density at radius 1 is 1.35 bits per heavy atom. The molecule has 1 fully saturated rings. The van der Waals surface area contributed by atoms with Gasteiger partial charge in [-0.05, 0) is 18.2 Å². The van der Waals surface area contributed by atoms with Crippen LogP contribution in [0.25, 0.3) is 0 Å². The molecular formula is C18H23N4O3S+. The Morgan fingerprint density at radius 2 is 2.15 bits per heavy atom. The highest BCUT2D eigenvalue weighted by atomic mass is 32.1. The fourth-order valence-electron chi connectivity index (χ4n) is 3.06. The molecule has 1 aromatic heterocycles. The van der Waals surface area contributed by atoms with Gasteiger partial charge in [0.05, 0.1) is 20.2 Å². The van der Waals surface area contributed by atoms with E-state index in [1.807, 2.05) is 17.5 Å². The van der Waals surface area contributed by atoms with E-state index in [1.165, 1.54) is 16.2 Å². The van der Waals surface area contributed by atoms with Crippen molar-refractivity contribution in [3.63, 3.8) is 0 Å². The summed E-state index contributed by atoms with van der Waals surface area (Å²) in [6, 6.07) is 7.27. The molecule has 0 unspecified atom stereocenters. The zero-order valence-corrected chi connectivity index (χ0v) is 15.5. The lowest BCUT2D eigenvalue weighted by atomic mass is 10.0. The first-order valence-corrected chi connectivity index (χ1v) is 9.50. The first-order valence-electron chi connectivity index (χ1n) is 8.62. The van der Waals surface area contributed by atoms with Crippen LogP contribution in [0.4, 0.5) is 5.13 Å². The van der Waals surface area contributed by atoms with Crippen LogP contribution in [0.3, 0.4) is 0 Å². The second-order valence-electron chi connectivity index (χ2n) is 6.29. The van der Waals surface area contributed by atoms with Crippen LogP contribution in [0.1, 0.15) is 23.2 Å². The van der Waals surface area contributed by atoms with E-state index >= 15 is 0 Å². The van der Waals surface area contributed by atoms with Gasteiger partial charge in [0.2, 0.25) is 0 Å². The van der Waals surface area contributed by atoms with Gasteiger partial charge >= 0.3 is 0 Å². The Balaban J connectivity index is 1.43. The maximum Gasteiger partial charge on any atom is 0.281 e. The number of hydrogen-bond acceptors (Lipinski definition) is 5. The molecule has 1 aliphatic heterocycles. The minimum Gasteiger partial charge on any atom is -0.497 e. The number of carbonyl (C=O) groups excluding carboxylic acids is 2. The number of amides is 2. The van der Waals surface area contributed by atoms with Crippen LogP contribution in [0, 0.1) is 0 Å². The van der Waals surface area contributed by atoms with E-state index in [4.69, 9.17) is 4.74 Å².